The molecule has 0 saturated carbocycles. The van der Waals surface area contributed by atoms with Crippen LogP contribution in [0.1, 0.15) is 26.2 Å². The van der Waals surface area contributed by atoms with Crippen molar-refractivity contribution in [2.75, 3.05) is 35.0 Å². The van der Waals surface area contributed by atoms with Gasteiger partial charge in [-0.3, -0.25) is 9.10 Å². The second-order valence-electron chi connectivity index (χ2n) is 6.25. The summed E-state index contributed by atoms with van der Waals surface area (Å²) in [5.74, 6) is 1.80. The van der Waals surface area contributed by atoms with E-state index in [0.717, 1.165) is 22.8 Å². The number of nitrogens with one attached hydrogen (secondary N) is 1. The van der Waals surface area contributed by atoms with Gasteiger partial charge in [-0.15, -0.1) is 10.2 Å². The van der Waals surface area contributed by atoms with Gasteiger partial charge in [-0.2, -0.15) is 0 Å². The number of ether oxygens (including phenoxy) is 2. The SMILES string of the molecule is CCCSc1nnc(NC(=O)CCCN(c2ccc3c(c2)OCO3)S(C)(=O)=O)s1. The lowest BCUT2D eigenvalue weighted by molar-refractivity contribution is -0.116. The molecule has 1 aliphatic rings. The highest BCUT2D eigenvalue weighted by Crippen LogP contribution is 2.36. The van der Waals surface area contributed by atoms with E-state index in [-0.39, 0.29) is 25.7 Å². The van der Waals surface area contributed by atoms with Crippen LogP contribution in [0.5, 0.6) is 11.5 Å². The van der Waals surface area contributed by atoms with Gasteiger partial charge in [0.25, 0.3) is 0 Å². The zero-order chi connectivity index (χ0) is 20.9. The lowest BCUT2D eigenvalue weighted by Gasteiger charge is -2.22. The molecule has 0 spiro atoms. The van der Waals surface area contributed by atoms with Crippen LogP contribution < -0.4 is 19.1 Å². The first kappa shape index (κ1) is 21.7. The molecular weight excluding hydrogens is 436 g/mol. The maximum absolute atomic E-state index is 12.2. The molecule has 1 amide bonds. The van der Waals surface area contributed by atoms with Gasteiger partial charge in [-0.1, -0.05) is 30.0 Å². The number of hydrogen-bond acceptors (Lipinski definition) is 9. The molecular formula is C17H22N4O5S3. The zero-order valence-corrected chi connectivity index (χ0v) is 18.5. The van der Waals surface area contributed by atoms with Crippen LogP contribution >= 0.6 is 23.1 Å². The molecule has 158 valence electrons. The second kappa shape index (κ2) is 9.63. The van der Waals surface area contributed by atoms with Gasteiger partial charge in [-0.25, -0.2) is 8.42 Å². The van der Waals surface area contributed by atoms with Gasteiger partial charge in [0.15, 0.2) is 15.8 Å². The Morgan fingerprint density at radius 1 is 1.31 bits per heavy atom. The van der Waals surface area contributed by atoms with E-state index in [9.17, 15) is 13.2 Å². The lowest BCUT2D eigenvalue weighted by atomic mass is 10.2. The number of fused-ring (bicyclic) bond motifs is 1. The van der Waals surface area contributed by atoms with E-state index in [0.29, 0.717) is 28.7 Å². The Balaban J connectivity index is 1.55. The molecule has 1 aliphatic heterocycles. The molecule has 0 bridgehead atoms. The van der Waals surface area contributed by atoms with E-state index in [2.05, 4.69) is 22.4 Å². The number of nitrogens with zero attached hydrogens (tertiary/aromatic N) is 3. The average Bonchev–Trinajstić information content (AvgIpc) is 3.31. The van der Waals surface area contributed by atoms with Gasteiger partial charge < -0.3 is 14.8 Å². The number of aromatic nitrogens is 2. The molecule has 1 aromatic heterocycles. The minimum Gasteiger partial charge on any atom is -0.454 e. The third kappa shape index (κ3) is 5.97. The summed E-state index contributed by atoms with van der Waals surface area (Å²) in [5.41, 5.74) is 0.471. The van der Waals surface area contributed by atoms with Crippen molar-refractivity contribution in [3.63, 3.8) is 0 Å². The van der Waals surface area contributed by atoms with Gasteiger partial charge >= 0.3 is 0 Å². The van der Waals surface area contributed by atoms with Crippen molar-refractivity contribution in [3.05, 3.63) is 18.2 Å². The summed E-state index contributed by atoms with van der Waals surface area (Å²) in [6, 6.07) is 4.96. The molecule has 0 aliphatic carbocycles. The van der Waals surface area contributed by atoms with E-state index >= 15 is 0 Å². The zero-order valence-electron chi connectivity index (χ0n) is 16.1. The fraction of sp³-hybridized carbons (Fsp3) is 0.471. The highest BCUT2D eigenvalue weighted by atomic mass is 32.2. The standard InChI is InChI=1S/C17H22N4O5S3/c1-3-9-27-17-20-19-16(28-17)18-15(22)5-4-8-21(29(2,23)24)12-6-7-13-14(10-12)26-11-25-13/h6-7,10H,3-5,8-9,11H2,1-2H3,(H,18,19,22). The third-order valence-electron chi connectivity index (χ3n) is 3.89. The number of benzene rings is 1. The molecule has 0 fully saturated rings. The fourth-order valence-corrected chi connectivity index (χ4v) is 5.25. The van der Waals surface area contributed by atoms with E-state index in [1.54, 1.807) is 30.0 Å². The molecule has 12 heteroatoms. The van der Waals surface area contributed by atoms with Gasteiger partial charge in [0.2, 0.25) is 27.9 Å². The summed E-state index contributed by atoms with van der Waals surface area (Å²) >= 11 is 2.93. The Kier molecular flexibility index (Phi) is 7.19. The number of rotatable bonds is 10. The molecule has 2 heterocycles. The highest BCUT2D eigenvalue weighted by Gasteiger charge is 2.21. The topological polar surface area (TPSA) is 111 Å². The first-order valence-electron chi connectivity index (χ1n) is 9.00. The maximum Gasteiger partial charge on any atom is 0.232 e. The monoisotopic (exact) mass is 458 g/mol. The van der Waals surface area contributed by atoms with Crippen LogP contribution in [0.15, 0.2) is 22.5 Å². The summed E-state index contributed by atoms with van der Waals surface area (Å²) in [6.07, 6.45) is 2.68. The van der Waals surface area contributed by atoms with Crippen molar-refractivity contribution in [2.24, 2.45) is 0 Å². The van der Waals surface area contributed by atoms with Crippen molar-refractivity contribution in [1.82, 2.24) is 10.2 Å². The number of carbonyl (C=O) groups is 1. The van der Waals surface area contributed by atoms with Gasteiger partial charge in [0.1, 0.15) is 0 Å². The molecule has 3 rings (SSSR count). The Bertz CT molecular complexity index is 964. The summed E-state index contributed by atoms with van der Waals surface area (Å²) < 4.78 is 37.1. The van der Waals surface area contributed by atoms with E-state index < -0.39 is 10.0 Å². The van der Waals surface area contributed by atoms with Crippen molar-refractivity contribution < 1.29 is 22.7 Å². The first-order valence-corrected chi connectivity index (χ1v) is 12.7. The van der Waals surface area contributed by atoms with E-state index in [1.807, 2.05) is 0 Å². The van der Waals surface area contributed by atoms with Crippen molar-refractivity contribution in [1.29, 1.82) is 0 Å². The third-order valence-corrected chi connectivity index (χ3v) is 7.26. The van der Waals surface area contributed by atoms with Crippen LogP contribution in [0.3, 0.4) is 0 Å². The highest BCUT2D eigenvalue weighted by molar-refractivity contribution is 8.01. The maximum atomic E-state index is 12.2. The smallest absolute Gasteiger partial charge is 0.232 e. The van der Waals surface area contributed by atoms with Crippen molar-refractivity contribution >= 4 is 49.8 Å². The van der Waals surface area contributed by atoms with Gasteiger partial charge in [0, 0.05) is 24.8 Å². The Labute approximate surface area is 177 Å². The van der Waals surface area contributed by atoms with Crippen molar-refractivity contribution in [3.8, 4) is 11.5 Å². The average molecular weight is 459 g/mol. The molecule has 9 nitrogen and oxygen atoms in total. The Hall–Kier alpha value is -2.05. The largest absolute Gasteiger partial charge is 0.454 e. The minimum absolute atomic E-state index is 0.113. The van der Waals surface area contributed by atoms with E-state index in [4.69, 9.17) is 9.47 Å². The van der Waals surface area contributed by atoms with Crippen LogP contribution in [-0.2, 0) is 14.8 Å². The summed E-state index contributed by atoms with van der Waals surface area (Å²) in [7, 11) is -3.52. The normalized spacial score (nSPS) is 12.8. The summed E-state index contributed by atoms with van der Waals surface area (Å²) in [5, 5.41) is 11.1. The van der Waals surface area contributed by atoms with Gasteiger partial charge in [0.05, 0.1) is 11.9 Å². The lowest BCUT2D eigenvalue weighted by Crippen LogP contribution is -2.31. The van der Waals surface area contributed by atoms with Crippen LogP contribution in [0.2, 0.25) is 0 Å². The quantitative estimate of drug-likeness (QED) is 0.427. The molecule has 2 aromatic rings. The van der Waals surface area contributed by atoms with Crippen LogP contribution in [-0.4, -0.2) is 49.9 Å². The number of sulfonamides is 1. The molecule has 0 atom stereocenters. The molecule has 0 radical (unpaired) electrons. The predicted octanol–water partition coefficient (Wildman–Crippen LogP) is 2.95. The number of thioether (sulfide) groups is 1. The first-order chi connectivity index (χ1) is 13.9. The molecule has 0 unspecified atom stereocenters. The molecule has 1 N–H and O–H groups in total. The Morgan fingerprint density at radius 2 is 2.10 bits per heavy atom. The molecule has 1 aromatic carbocycles. The molecule has 0 saturated heterocycles. The van der Waals surface area contributed by atoms with Crippen LogP contribution in [0.4, 0.5) is 10.8 Å². The second-order valence-corrected chi connectivity index (χ2v) is 10.5. The Morgan fingerprint density at radius 3 is 2.86 bits per heavy atom. The fourth-order valence-electron chi connectivity index (χ4n) is 2.60. The number of hydrogen-bond donors (Lipinski definition) is 1. The summed E-state index contributed by atoms with van der Waals surface area (Å²) in [6.45, 7) is 2.36. The van der Waals surface area contributed by atoms with Gasteiger partial charge in [-0.05, 0) is 25.0 Å². The predicted molar refractivity (Wildman–Crippen MR) is 114 cm³/mol. The number of carbonyl (C=O) groups excluding carboxylic acids is 1. The van der Waals surface area contributed by atoms with Crippen LogP contribution in [0.25, 0.3) is 0 Å². The van der Waals surface area contributed by atoms with E-state index in [1.165, 1.54) is 15.6 Å². The van der Waals surface area contributed by atoms with Crippen LogP contribution in [0, 0.1) is 0 Å². The minimum atomic E-state index is -3.52. The molecule has 29 heavy (non-hydrogen) atoms. The number of anilines is 2. The summed E-state index contributed by atoms with van der Waals surface area (Å²) in [4.78, 5) is 12.2. The van der Waals surface area contributed by atoms with Crippen molar-refractivity contribution in [2.45, 2.75) is 30.5 Å². The number of amides is 1.